The molecule has 0 bridgehead atoms. The summed E-state index contributed by atoms with van der Waals surface area (Å²) in [5.74, 6) is 1.53. The van der Waals surface area contributed by atoms with Gasteiger partial charge in [-0.25, -0.2) is 9.97 Å². The molecular weight excluding hydrogens is 384 g/mol. The van der Waals surface area contributed by atoms with Crippen molar-refractivity contribution in [3.63, 3.8) is 0 Å². The van der Waals surface area contributed by atoms with E-state index in [1.165, 1.54) is 22.3 Å². The number of hydrogen-bond acceptors (Lipinski definition) is 5. The van der Waals surface area contributed by atoms with Crippen LogP contribution in [0.4, 0.5) is 11.6 Å². The molecule has 5 rings (SSSR count). The highest BCUT2D eigenvalue weighted by atomic mass is 16.5. The predicted molar refractivity (Wildman–Crippen MR) is 126 cm³/mol. The third-order valence-corrected chi connectivity index (χ3v) is 6.16. The lowest BCUT2D eigenvalue weighted by atomic mass is 9.99. The number of nitrogens with zero attached hydrogens (tertiary/aromatic N) is 3. The molecule has 31 heavy (non-hydrogen) atoms. The van der Waals surface area contributed by atoms with Crippen molar-refractivity contribution in [1.29, 1.82) is 0 Å². The van der Waals surface area contributed by atoms with E-state index in [-0.39, 0.29) is 0 Å². The molecule has 0 amide bonds. The fourth-order valence-corrected chi connectivity index (χ4v) is 4.31. The number of allylic oxidation sites excluding steroid dienone is 1. The second-order valence-corrected chi connectivity index (χ2v) is 8.54. The summed E-state index contributed by atoms with van der Waals surface area (Å²) in [7, 11) is 2.16. The Morgan fingerprint density at radius 3 is 2.58 bits per heavy atom. The van der Waals surface area contributed by atoms with Gasteiger partial charge in [0.15, 0.2) is 0 Å². The smallest absolute Gasteiger partial charge is 0.227 e. The minimum Gasteiger partial charge on any atom is -0.490 e. The van der Waals surface area contributed by atoms with Crippen molar-refractivity contribution in [2.75, 3.05) is 25.5 Å². The summed E-state index contributed by atoms with van der Waals surface area (Å²) in [5.41, 5.74) is 7.00. The molecule has 5 heteroatoms. The van der Waals surface area contributed by atoms with Crippen LogP contribution in [0.25, 0.3) is 11.6 Å². The molecular formula is C26H28N4O. The molecule has 1 fully saturated rings. The number of likely N-dealkylation sites (tertiary alicyclic amines) is 1. The molecule has 2 aromatic carbocycles. The minimum absolute atomic E-state index is 0.310. The molecule has 1 N–H and O–H groups in total. The molecule has 1 aromatic heterocycles. The van der Waals surface area contributed by atoms with E-state index in [4.69, 9.17) is 9.72 Å². The summed E-state index contributed by atoms with van der Waals surface area (Å²) in [5, 5.41) is 3.32. The van der Waals surface area contributed by atoms with E-state index < -0.39 is 0 Å². The third-order valence-electron chi connectivity index (χ3n) is 6.16. The Balaban J connectivity index is 1.25. The number of hydrogen-bond donors (Lipinski definition) is 1. The Bertz CT molecular complexity index is 1100. The first-order chi connectivity index (χ1) is 15.1. The summed E-state index contributed by atoms with van der Waals surface area (Å²) in [6.07, 6.45) is 7.47. The lowest BCUT2D eigenvalue weighted by Crippen LogP contribution is -2.35. The van der Waals surface area contributed by atoms with Gasteiger partial charge >= 0.3 is 0 Å². The number of benzene rings is 2. The van der Waals surface area contributed by atoms with Gasteiger partial charge in [0.1, 0.15) is 11.9 Å². The maximum atomic E-state index is 6.14. The average Bonchev–Trinajstić information content (AvgIpc) is 3.20. The van der Waals surface area contributed by atoms with E-state index in [9.17, 15) is 0 Å². The second kappa shape index (κ2) is 8.52. The maximum absolute atomic E-state index is 6.14. The highest BCUT2D eigenvalue weighted by molar-refractivity contribution is 5.88. The van der Waals surface area contributed by atoms with Gasteiger partial charge in [-0.2, -0.15) is 0 Å². The summed E-state index contributed by atoms with van der Waals surface area (Å²) >= 11 is 0. The number of piperidine rings is 1. The summed E-state index contributed by atoms with van der Waals surface area (Å²) in [6.45, 7) is 4.35. The fourth-order valence-electron chi connectivity index (χ4n) is 4.31. The van der Waals surface area contributed by atoms with Crippen molar-refractivity contribution < 1.29 is 4.74 Å². The molecule has 1 aliphatic carbocycles. The zero-order chi connectivity index (χ0) is 21.2. The molecule has 0 radical (unpaired) electrons. The Kier molecular flexibility index (Phi) is 5.43. The van der Waals surface area contributed by atoms with Crippen molar-refractivity contribution in [3.8, 4) is 5.75 Å². The first-order valence-electron chi connectivity index (χ1n) is 11.0. The van der Waals surface area contributed by atoms with Crippen LogP contribution in [0.15, 0.2) is 54.7 Å². The third kappa shape index (κ3) is 4.47. The molecule has 5 nitrogen and oxygen atoms in total. The number of fused-ring (bicyclic) bond motifs is 1. The SMILES string of the molecule is Cc1ccccc1C1=Cc2nc(Nc3ccc(OC4CCN(C)CC4)cc3)ncc2C1. The molecule has 0 unspecified atom stereocenters. The van der Waals surface area contributed by atoms with E-state index in [2.05, 4.69) is 59.5 Å². The van der Waals surface area contributed by atoms with E-state index in [0.717, 1.165) is 49.5 Å². The van der Waals surface area contributed by atoms with Crippen molar-refractivity contribution in [3.05, 3.63) is 77.1 Å². The zero-order valence-corrected chi connectivity index (χ0v) is 18.1. The van der Waals surface area contributed by atoms with Gasteiger partial charge in [0.2, 0.25) is 5.95 Å². The van der Waals surface area contributed by atoms with Gasteiger partial charge in [0, 0.05) is 37.0 Å². The number of anilines is 2. The first kappa shape index (κ1) is 19.8. The Labute approximate surface area is 183 Å². The second-order valence-electron chi connectivity index (χ2n) is 8.54. The summed E-state index contributed by atoms with van der Waals surface area (Å²) < 4.78 is 6.14. The highest BCUT2D eigenvalue weighted by Crippen LogP contribution is 2.32. The first-order valence-corrected chi connectivity index (χ1v) is 11.0. The van der Waals surface area contributed by atoms with E-state index in [0.29, 0.717) is 12.1 Å². The van der Waals surface area contributed by atoms with Crippen molar-refractivity contribution in [2.24, 2.45) is 0 Å². The quantitative estimate of drug-likeness (QED) is 0.632. The van der Waals surface area contributed by atoms with E-state index >= 15 is 0 Å². The van der Waals surface area contributed by atoms with Crippen LogP contribution in [0.2, 0.25) is 0 Å². The van der Waals surface area contributed by atoms with Crippen LogP contribution in [0, 0.1) is 6.92 Å². The molecule has 158 valence electrons. The lowest BCUT2D eigenvalue weighted by Gasteiger charge is -2.29. The van der Waals surface area contributed by atoms with Gasteiger partial charge in [-0.15, -0.1) is 0 Å². The number of aryl methyl sites for hydroxylation is 1. The largest absolute Gasteiger partial charge is 0.490 e. The van der Waals surface area contributed by atoms with Gasteiger partial charge in [-0.05, 0) is 73.9 Å². The lowest BCUT2D eigenvalue weighted by molar-refractivity contribution is 0.114. The highest BCUT2D eigenvalue weighted by Gasteiger charge is 2.19. The van der Waals surface area contributed by atoms with Gasteiger partial charge in [-0.1, -0.05) is 24.3 Å². The van der Waals surface area contributed by atoms with Crippen molar-refractivity contribution in [1.82, 2.24) is 14.9 Å². The van der Waals surface area contributed by atoms with Gasteiger partial charge in [-0.3, -0.25) is 0 Å². The standard InChI is InChI=1S/C26H28N4O/c1-18-5-3-4-6-24(18)19-15-20-17-27-26(29-25(20)16-19)28-21-7-9-22(10-8-21)31-23-11-13-30(2)14-12-23/h3-10,16-17,23H,11-15H2,1-2H3,(H,27,28,29). The van der Waals surface area contributed by atoms with Crippen LogP contribution in [0.1, 0.15) is 35.2 Å². The van der Waals surface area contributed by atoms with Crippen molar-refractivity contribution in [2.45, 2.75) is 32.3 Å². The van der Waals surface area contributed by atoms with Gasteiger partial charge in [0.05, 0.1) is 5.69 Å². The Hall–Kier alpha value is -3.18. The fraction of sp³-hybridized carbons (Fsp3) is 0.308. The maximum Gasteiger partial charge on any atom is 0.227 e. The van der Waals surface area contributed by atoms with E-state index in [1.54, 1.807) is 0 Å². The topological polar surface area (TPSA) is 50.3 Å². The minimum atomic E-state index is 0.310. The Morgan fingerprint density at radius 2 is 1.81 bits per heavy atom. The van der Waals surface area contributed by atoms with Crippen LogP contribution >= 0.6 is 0 Å². The van der Waals surface area contributed by atoms with Crippen LogP contribution in [0.5, 0.6) is 5.75 Å². The molecule has 0 atom stereocenters. The molecule has 0 saturated carbocycles. The van der Waals surface area contributed by atoms with Crippen molar-refractivity contribution >= 4 is 23.3 Å². The molecule has 3 aromatic rings. The normalized spacial score (nSPS) is 16.6. The number of rotatable bonds is 5. The van der Waals surface area contributed by atoms with E-state index in [1.807, 2.05) is 30.5 Å². The molecule has 1 saturated heterocycles. The summed E-state index contributed by atoms with van der Waals surface area (Å²) in [4.78, 5) is 11.6. The van der Waals surface area contributed by atoms with Crippen LogP contribution in [0.3, 0.4) is 0 Å². The molecule has 1 aliphatic heterocycles. The number of nitrogens with one attached hydrogen (secondary N) is 1. The van der Waals surface area contributed by atoms with Crippen LogP contribution < -0.4 is 10.1 Å². The van der Waals surface area contributed by atoms with Crippen LogP contribution in [-0.2, 0) is 6.42 Å². The van der Waals surface area contributed by atoms with Gasteiger partial charge in [0.25, 0.3) is 0 Å². The number of ether oxygens (including phenoxy) is 1. The molecule has 2 aliphatic rings. The predicted octanol–water partition coefficient (Wildman–Crippen LogP) is 5.10. The Morgan fingerprint density at radius 1 is 1.03 bits per heavy atom. The van der Waals surface area contributed by atoms with Gasteiger partial charge < -0.3 is 15.0 Å². The zero-order valence-electron chi connectivity index (χ0n) is 18.1. The monoisotopic (exact) mass is 412 g/mol. The summed E-state index contributed by atoms with van der Waals surface area (Å²) in [6, 6.07) is 16.6. The number of aromatic nitrogens is 2. The molecule has 0 spiro atoms. The molecule has 2 heterocycles. The van der Waals surface area contributed by atoms with Crippen LogP contribution in [-0.4, -0.2) is 41.1 Å². The average molecular weight is 413 g/mol.